The number of hydrogen-bond acceptors (Lipinski definition) is 9. The zero-order valence-electron chi connectivity index (χ0n) is 23.3. The number of rotatable bonds is 12. The van der Waals surface area contributed by atoms with Gasteiger partial charge in [-0.25, -0.2) is 9.59 Å². The molecule has 217 valence electrons. The number of alkyl carbamates (subject to hydrolysis) is 1. The third-order valence-electron chi connectivity index (χ3n) is 5.60. The van der Waals surface area contributed by atoms with E-state index in [4.69, 9.17) is 23.4 Å². The Balaban J connectivity index is 1.46. The van der Waals surface area contributed by atoms with Crippen LogP contribution in [0.15, 0.2) is 33.5 Å². The van der Waals surface area contributed by atoms with Gasteiger partial charge in [0.25, 0.3) is 0 Å². The second-order valence-electron chi connectivity index (χ2n) is 10.3. The summed E-state index contributed by atoms with van der Waals surface area (Å²) >= 11 is 0. The van der Waals surface area contributed by atoms with E-state index >= 15 is 0 Å². The smallest absolute Gasteiger partial charge is 0.407 e. The first-order valence-electron chi connectivity index (χ1n) is 13.3. The number of nitrogens with one attached hydrogen (secondary N) is 2. The number of carbonyl (C=O) groups is 3. The second-order valence-corrected chi connectivity index (χ2v) is 10.3. The summed E-state index contributed by atoms with van der Waals surface area (Å²) < 4.78 is 27.1. The molecule has 1 aromatic carbocycles. The molecule has 2 N–H and O–H groups in total. The lowest BCUT2D eigenvalue weighted by molar-refractivity contribution is -0.152. The summed E-state index contributed by atoms with van der Waals surface area (Å²) in [5.41, 5.74) is -0.279. The summed E-state index contributed by atoms with van der Waals surface area (Å²) in [5.74, 6) is -0.209. The van der Waals surface area contributed by atoms with Crippen LogP contribution >= 0.6 is 0 Å². The number of carbonyl (C=O) groups excluding carboxylic acids is 3. The van der Waals surface area contributed by atoms with Crippen LogP contribution < -0.4 is 21.0 Å². The zero-order valence-corrected chi connectivity index (χ0v) is 23.3. The van der Waals surface area contributed by atoms with E-state index in [9.17, 15) is 19.2 Å². The van der Waals surface area contributed by atoms with E-state index in [-0.39, 0.29) is 24.5 Å². The summed E-state index contributed by atoms with van der Waals surface area (Å²) in [7, 11) is 0. The number of hydrogen-bond donors (Lipinski definition) is 2. The summed E-state index contributed by atoms with van der Waals surface area (Å²) in [4.78, 5) is 47.4. The van der Waals surface area contributed by atoms with Crippen LogP contribution in [-0.4, -0.2) is 55.7 Å². The van der Waals surface area contributed by atoms with Crippen molar-refractivity contribution in [2.24, 2.45) is 0 Å². The Labute approximate surface area is 233 Å². The topological polar surface area (TPSA) is 142 Å². The van der Waals surface area contributed by atoms with Gasteiger partial charge in [0.2, 0.25) is 12.2 Å². The number of esters is 1. The maximum atomic E-state index is 12.5. The van der Waals surface area contributed by atoms with E-state index < -0.39 is 35.7 Å². The van der Waals surface area contributed by atoms with Gasteiger partial charge in [-0.1, -0.05) is 0 Å². The van der Waals surface area contributed by atoms with Crippen LogP contribution in [0.4, 0.5) is 4.79 Å². The van der Waals surface area contributed by atoms with Crippen LogP contribution in [0.25, 0.3) is 11.0 Å². The molecule has 0 unspecified atom stereocenters. The molecule has 2 amide bonds. The SMILES string of the molecule is CC(=O)OC[C@H]1[CH][CH][CH][C@H](Oc2ccc3c(CC(=O)NCCCCCNC(=O)OC(C)(C)C)cc(=O)oc3c2)O1. The molecule has 40 heavy (non-hydrogen) atoms. The van der Waals surface area contributed by atoms with E-state index in [1.807, 2.05) is 20.8 Å². The summed E-state index contributed by atoms with van der Waals surface area (Å²) in [6.07, 6.45) is 5.95. The highest BCUT2D eigenvalue weighted by atomic mass is 16.7. The van der Waals surface area contributed by atoms with Gasteiger partial charge in [0, 0.05) is 44.0 Å². The normalized spacial score (nSPS) is 17.2. The van der Waals surface area contributed by atoms with Crippen molar-refractivity contribution in [3.05, 3.63) is 59.5 Å². The Bertz CT molecular complexity index is 1220. The highest BCUT2D eigenvalue weighted by Gasteiger charge is 2.25. The van der Waals surface area contributed by atoms with Crippen molar-refractivity contribution < 1.29 is 37.7 Å². The zero-order chi connectivity index (χ0) is 29.1. The van der Waals surface area contributed by atoms with Gasteiger partial charge >= 0.3 is 17.7 Å². The van der Waals surface area contributed by atoms with Crippen molar-refractivity contribution in [3.8, 4) is 5.75 Å². The first kappa shape index (κ1) is 30.9. The molecule has 11 nitrogen and oxygen atoms in total. The molecule has 0 saturated carbocycles. The molecule has 0 bridgehead atoms. The number of fused-ring (bicyclic) bond motifs is 1. The molecule has 3 rings (SSSR count). The largest absolute Gasteiger partial charge is 0.464 e. The minimum atomic E-state index is -0.725. The van der Waals surface area contributed by atoms with Gasteiger partial charge in [-0.05, 0) is 70.6 Å². The average Bonchev–Trinajstić information content (AvgIpc) is 2.86. The van der Waals surface area contributed by atoms with Crippen molar-refractivity contribution in [2.75, 3.05) is 19.7 Å². The Morgan fingerprint density at radius 2 is 1.75 bits per heavy atom. The fourth-order valence-electron chi connectivity index (χ4n) is 3.86. The molecule has 3 radical (unpaired) electrons. The van der Waals surface area contributed by atoms with Crippen LogP contribution in [0, 0.1) is 19.3 Å². The van der Waals surface area contributed by atoms with E-state index in [2.05, 4.69) is 10.6 Å². The average molecular weight is 558 g/mol. The van der Waals surface area contributed by atoms with Crippen molar-refractivity contribution in [1.29, 1.82) is 0 Å². The van der Waals surface area contributed by atoms with Crippen molar-refractivity contribution in [2.45, 2.75) is 71.4 Å². The maximum Gasteiger partial charge on any atom is 0.407 e. The molecule has 2 aromatic rings. The molecule has 2 atom stereocenters. The molecule has 1 saturated heterocycles. The molecule has 1 aliphatic rings. The number of unbranched alkanes of at least 4 members (excludes halogenated alkanes) is 2. The predicted molar refractivity (Wildman–Crippen MR) is 146 cm³/mol. The first-order chi connectivity index (χ1) is 19.0. The first-order valence-corrected chi connectivity index (χ1v) is 13.3. The molecule has 1 fully saturated rings. The van der Waals surface area contributed by atoms with Gasteiger partial charge in [-0.15, -0.1) is 0 Å². The second kappa shape index (κ2) is 14.7. The Kier molecular flexibility index (Phi) is 11.4. The van der Waals surface area contributed by atoms with Gasteiger partial charge in [0.05, 0.1) is 12.5 Å². The van der Waals surface area contributed by atoms with Crippen LogP contribution in [0.3, 0.4) is 0 Å². The standard InChI is InChI=1S/C29H37N2O9/c1-19(32)36-18-22-9-8-10-27(38-22)37-21-11-12-23-20(16-26(34)39-24(23)17-21)15-25(33)30-13-6-5-7-14-31-28(35)40-29(2,3)4/h8-12,16-17,22,27H,5-7,13-15,18H2,1-4H3,(H,30,33)(H,31,35)/t22-,27-/m1/s1. The van der Waals surface area contributed by atoms with Crippen molar-refractivity contribution in [1.82, 2.24) is 10.6 Å². The molecule has 1 aromatic heterocycles. The lowest BCUT2D eigenvalue weighted by Gasteiger charge is -2.29. The van der Waals surface area contributed by atoms with Crippen molar-refractivity contribution in [3.63, 3.8) is 0 Å². The highest BCUT2D eigenvalue weighted by Crippen LogP contribution is 2.26. The van der Waals surface area contributed by atoms with Gasteiger partial charge in [-0.2, -0.15) is 0 Å². The molecule has 2 heterocycles. The quantitative estimate of drug-likeness (QED) is 0.228. The maximum absolute atomic E-state index is 12.5. The minimum Gasteiger partial charge on any atom is -0.464 e. The summed E-state index contributed by atoms with van der Waals surface area (Å²) in [6, 6.07) is 6.31. The Morgan fingerprint density at radius 1 is 1.00 bits per heavy atom. The highest BCUT2D eigenvalue weighted by molar-refractivity contribution is 5.87. The summed E-state index contributed by atoms with van der Waals surface area (Å²) in [5, 5.41) is 6.20. The van der Waals surface area contributed by atoms with Crippen LogP contribution in [0.5, 0.6) is 5.75 Å². The third-order valence-corrected chi connectivity index (χ3v) is 5.60. The third kappa shape index (κ3) is 10.9. The Hall–Kier alpha value is -3.60. The van der Waals surface area contributed by atoms with Crippen LogP contribution in [0.2, 0.25) is 0 Å². The fraction of sp³-hybridized carbons (Fsp3) is 0.483. The van der Waals surface area contributed by atoms with E-state index in [1.54, 1.807) is 37.5 Å². The van der Waals surface area contributed by atoms with Gasteiger partial charge < -0.3 is 34.0 Å². The Morgan fingerprint density at radius 3 is 2.48 bits per heavy atom. The monoisotopic (exact) mass is 557 g/mol. The van der Waals surface area contributed by atoms with Gasteiger partial charge in [-0.3, -0.25) is 9.59 Å². The lowest BCUT2D eigenvalue weighted by Crippen LogP contribution is -2.36. The van der Waals surface area contributed by atoms with Gasteiger partial charge in [0.15, 0.2) is 0 Å². The summed E-state index contributed by atoms with van der Waals surface area (Å²) in [6.45, 7) is 7.80. The molecular formula is C29H37N2O9. The molecular weight excluding hydrogens is 520 g/mol. The van der Waals surface area contributed by atoms with Crippen LogP contribution in [0.1, 0.15) is 52.5 Å². The lowest BCUT2D eigenvalue weighted by atomic mass is 10.1. The number of amides is 2. The van der Waals surface area contributed by atoms with E-state index in [1.165, 1.54) is 13.0 Å². The van der Waals surface area contributed by atoms with E-state index in [0.29, 0.717) is 29.8 Å². The molecule has 0 spiro atoms. The van der Waals surface area contributed by atoms with E-state index in [0.717, 1.165) is 19.3 Å². The molecule has 1 aliphatic heterocycles. The molecule has 11 heteroatoms. The minimum absolute atomic E-state index is 0.0185. The molecule has 0 aliphatic carbocycles. The number of benzene rings is 1. The fourth-order valence-corrected chi connectivity index (χ4v) is 3.86. The van der Waals surface area contributed by atoms with Gasteiger partial charge in [0.1, 0.15) is 23.5 Å². The predicted octanol–water partition coefficient (Wildman–Crippen LogP) is 3.43. The number of ether oxygens (including phenoxy) is 4. The van der Waals surface area contributed by atoms with Crippen LogP contribution in [-0.2, 0) is 30.2 Å². The van der Waals surface area contributed by atoms with Crippen molar-refractivity contribution >= 4 is 28.9 Å².